The molecule has 2 rings (SSSR count). The monoisotopic (exact) mass is 361 g/mol. The number of hydrogen-bond acceptors (Lipinski definition) is 4. The molecule has 0 fully saturated rings. The summed E-state index contributed by atoms with van der Waals surface area (Å²) in [5.41, 5.74) is 8.14. The summed E-state index contributed by atoms with van der Waals surface area (Å²) in [7, 11) is 1.98. The number of nitrogens with one attached hydrogen (secondary N) is 1. The third kappa shape index (κ3) is 5.06. The number of fused-ring (bicyclic) bond motifs is 1. The smallest absolute Gasteiger partial charge is 0.237 e. The van der Waals surface area contributed by atoms with Gasteiger partial charge in [0, 0.05) is 30.8 Å². The van der Waals surface area contributed by atoms with E-state index in [-0.39, 0.29) is 5.91 Å². The van der Waals surface area contributed by atoms with Gasteiger partial charge in [0.05, 0.1) is 12.1 Å². The van der Waals surface area contributed by atoms with Gasteiger partial charge in [-0.15, -0.1) is 0 Å². The van der Waals surface area contributed by atoms with Crippen LogP contribution in [0.25, 0.3) is 10.9 Å². The predicted octanol–water partition coefficient (Wildman–Crippen LogP) is 1.93. The lowest BCUT2D eigenvalue weighted by Crippen LogP contribution is -2.51. The Hall–Kier alpha value is -1.89. The number of nitrogens with zero attached hydrogens (tertiary/aromatic N) is 1. The number of rotatable bonds is 9. The normalized spacial score (nSPS) is 15.2. The van der Waals surface area contributed by atoms with Gasteiger partial charge in [0.2, 0.25) is 5.91 Å². The van der Waals surface area contributed by atoms with Crippen LogP contribution in [0.4, 0.5) is 0 Å². The second-order valence-electron chi connectivity index (χ2n) is 7.18. The van der Waals surface area contributed by atoms with E-state index in [0.717, 1.165) is 16.5 Å². The summed E-state index contributed by atoms with van der Waals surface area (Å²) in [5, 5.41) is 14.4. The molecule has 6 heteroatoms. The molecule has 26 heavy (non-hydrogen) atoms. The second kappa shape index (κ2) is 9.16. The fraction of sp³-hybridized carbons (Fsp3) is 0.550. The molecule has 1 amide bonds. The van der Waals surface area contributed by atoms with Gasteiger partial charge in [0.1, 0.15) is 0 Å². The summed E-state index contributed by atoms with van der Waals surface area (Å²) in [6.45, 7) is 6.22. The minimum absolute atomic E-state index is 0.261. The van der Waals surface area contributed by atoms with E-state index < -0.39 is 18.4 Å². The van der Waals surface area contributed by atoms with E-state index in [1.54, 1.807) is 0 Å². The van der Waals surface area contributed by atoms with Crippen molar-refractivity contribution in [1.82, 2.24) is 9.88 Å². The molecule has 0 aliphatic heterocycles. The van der Waals surface area contributed by atoms with Gasteiger partial charge in [-0.2, -0.15) is 0 Å². The number of aromatic nitrogens is 1. The number of aliphatic hydroxyl groups excluding tert-OH is 1. The molecular formula is C20H31N3O3. The molecule has 1 aromatic carbocycles. The zero-order valence-electron chi connectivity index (χ0n) is 16.1. The van der Waals surface area contributed by atoms with Gasteiger partial charge >= 0.3 is 0 Å². The molecule has 0 saturated heterocycles. The van der Waals surface area contributed by atoms with Gasteiger partial charge in [0.15, 0.2) is 6.29 Å². The van der Waals surface area contributed by atoms with Crippen LogP contribution < -0.4 is 11.1 Å². The maximum Gasteiger partial charge on any atom is 0.237 e. The lowest BCUT2D eigenvalue weighted by Gasteiger charge is -2.25. The van der Waals surface area contributed by atoms with Crippen molar-refractivity contribution in [2.24, 2.45) is 18.7 Å². The number of carbonyl (C=O) groups is 1. The van der Waals surface area contributed by atoms with Crippen molar-refractivity contribution in [2.45, 2.75) is 52.0 Å². The van der Waals surface area contributed by atoms with Crippen LogP contribution in [-0.4, -0.2) is 40.6 Å². The van der Waals surface area contributed by atoms with E-state index in [1.807, 2.05) is 62.8 Å². The summed E-state index contributed by atoms with van der Waals surface area (Å²) in [4.78, 5) is 12.4. The fourth-order valence-electron chi connectivity index (χ4n) is 3.24. The van der Waals surface area contributed by atoms with Gasteiger partial charge in [0.25, 0.3) is 0 Å². The van der Waals surface area contributed by atoms with Crippen LogP contribution in [0.1, 0.15) is 32.8 Å². The largest absolute Gasteiger partial charge is 0.366 e. The Kier molecular flexibility index (Phi) is 7.20. The van der Waals surface area contributed by atoms with Crippen molar-refractivity contribution in [3.05, 3.63) is 36.0 Å². The molecule has 0 saturated carbocycles. The van der Waals surface area contributed by atoms with Crippen LogP contribution in [0.5, 0.6) is 0 Å². The van der Waals surface area contributed by atoms with Crippen molar-refractivity contribution in [3.63, 3.8) is 0 Å². The second-order valence-corrected chi connectivity index (χ2v) is 7.18. The molecule has 1 unspecified atom stereocenters. The molecule has 1 heterocycles. The van der Waals surface area contributed by atoms with Crippen LogP contribution in [0.15, 0.2) is 30.5 Å². The highest BCUT2D eigenvalue weighted by atomic mass is 16.6. The van der Waals surface area contributed by atoms with E-state index in [4.69, 9.17) is 10.5 Å². The SMILES string of the molecule is CCOC(O)[C@@H](Cc1cn(C)c2ccccc12)NC(=O)[C@@H](N)CC(C)C. The summed E-state index contributed by atoms with van der Waals surface area (Å²) < 4.78 is 7.39. The molecule has 0 aliphatic carbocycles. The Morgan fingerprint density at radius 2 is 2.04 bits per heavy atom. The van der Waals surface area contributed by atoms with Crippen LogP contribution in [0.3, 0.4) is 0 Å². The van der Waals surface area contributed by atoms with Crippen LogP contribution in [0.2, 0.25) is 0 Å². The van der Waals surface area contributed by atoms with Gasteiger partial charge in [-0.25, -0.2) is 0 Å². The standard InChI is InChI=1S/C20H31N3O3/c1-5-26-20(25)17(22-19(24)16(21)10-13(2)3)11-14-12-23(4)18-9-7-6-8-15(14)18/h6-9,12-13,16-17,20,25H,5,10-11,21H2,1-4H3,(H,22,24)/t16-,17+,20?/m0/s1. The van der Waals surface area contributed by atoms with Crippen LogP contribution in [0, 0.1) is 5.92 Å². The van der Waals surface area contributed by atoms with Gasteiger partial charge in [-0.05, 0) is 37.3 Å². The lowest BCUT2D eigenvalue weighted by atomic mass is 10.0. The third-order valence-corrected chi connectivity index (χ3v) is 4.49. The first-order valence-corrected chi connectivity index (χ1v) is 9.22. The average Bonchev–Trinajstić information content (AvgIpc) is 2.90. The van der Waals surface area contributed by atoms with Gasteiger partial charge < -0.3 is 25.5 Å². The van der Waals surface area contributed by atoms with E-state index in [1.165, 1.54) is 0 Å². The molecular weight excluding hydrogens is 330 g/mol. The zero-order valence-corrected chi connectivity index (χ0v) is 16.1. The number of hydrogen-bond donors (Lipinski definition) is 3. The van der Waals surface area contributed by atoms with E-state index in [0.29, 0.717) is 25.4 Å². The molecule has 6 nitrogen and oxygen atoms in total. The van der Waals surface area contributed by atoms with Crippen molar-refractivity contribution in [1.29, 1.82) is 0 Å². The van der Waals surface area contributed by atoms with E-state index in [2.05, 4.69) is 5.32 Å². The summed E-state index contributed by atoms with van der Waals surface area (Å²) in [5.74, 6) is 0.0618. The molecule has 2 aromatic rings. The average molecular weight is 361 g/mol. The van der Waals surface area contributed by atoms with E-state index >= 15 is 0 Å². The Morgan fingerprint density at radius 1 is 1.35 bits per heavy atom. The molecule has 0 bridgehead atoms. The number of ether oxygens (including phenoxy) is 1. The molecule has 1 aromatic heterocycles. The van der Waals surface area contributed by atoms with Crippen molar-refractivity contribution >= 4 is 16.8 Å². The lowest BCUT2D eigenvalue weighted by molar-refractivity contribution is -0.136. The highest BCUT2D eigenvalue weighted by Crippen LogP contribution is 2.22. The van der Waals surface area contributed by atoms with Crippen molar-refractivity contribution in [3.8, 4) is 0 Å². The van der Waals surface area contributed by atoms with Crippen LogP contribution >= 0.6 is 0 Å². The summed E-state index contributed by atoms with van der Waals surface area (Å²) in [6.07, 6.45) is 1.99. The predicted molar refractivity (Wildman–Crippen MR) is 104 cm³/mol. The highest BCUT2D eigenvalue weighted by molar-refractivity contribution is 5.84. The highest BCUT2D eigenvalue weighted by Gasteiger charge is 2.26. The van der Waals surface area contributed by atoms with Crippen molar-refractivity contribution in [2.75, 3.05) is 6.61 Å². The number of carbonyl (C=O) groups excluding carboxylic acids is 1. The van der Waals surface area contributed by atoms with Gasteiger partial charge in [-0.1, -0.05) is 32.0 Å². The Labute approximate surface area is 155 Å². The van der Waals surface area contributed by atoms with Crippen molar-refractivity contribution < 1.29 is 14.6 Å². The topological polar surface area (TPSA) is 89.5 Å². The maximum atomic E-state index is 12.4. The Bertz CT molecular complexity index is 726. The fourth-order valence-corrected chi connectivity index (χ4v) is 3.24. The van der Waals surface area contributed by atoms with E-state index in [9.17, 15) is 9.90 Å². The molecule has 0 radical (unpaired) electrons. The molecule has 0 spiro atoms. The Morgan fingerprint density at radius 3 is 2.69 bits per heavy atom. The summed E-state index contributed by atoms with van der Waals surface area (Å²) in [6, 6.07) is 6.90. The number of nitrogens with two attached hydrogens (primary N) is 1. The zero-order chi connectivity index (χ0) is 19.3. The number of para-hydroxylation sites is 1. The molecule has 144 valence electrons. The molecule has 3 atom stereocenters. The molecule has 4 N–H and O–H groups in total. The number of benzene rings is 1. The molecule has 0 aliphatic rings. The first-order chi connectivity index (χ1) is 12.3. The van der Waals surface area contributed by atoms with Gasteiger partial charge in [-0.3, -0.25) is 4.79 Å². The van der Waals surface area contributed by atoms with Crippen LogP contribution in [-0.2, 0) is 23.0 Å². The third-order valence-electron chi connectivity index (χ3n) is 4.49. The number of amides is 1. The maximum absolute atomic E-state index is 12.4. The first kappa shape index (κ1) is 20.4. The summed E-state index contributed by atoms with van der Waals surface area (Å²) >= 11 is 0. The minimum atomic E-state index is -1.09. The first-order valence-electron chi connectivity index (χ1n) is 9.22. The number of aliphatic hydroxyl groups is 1. The minimum Gasteiger partial charge on any atom is -0.366 e. The quantitative estimate of drug-likeness (QED) is 0.596. The number of aryl methyl sites for hydroxylation is 1. The Balaban J connectivity index is 2.20.